The molecule has 6 nitrogen and oxygen atoms in total. The van der Waals surface area contributed by atoms with Crippen LogP contribution in [-0.4, -0.2) is 30.9 Å². The normalized spacial score (nSPS) is 15.2. The lowest BCUT2D eigenvalue weighted by molar-refractivity contribution is -0.147. The van der Waals surface area contributed by atoms with Gasteiger partial charge in [-0.1, -0.05) is 35.9 Å². The van der Waals surface area contributed by atoms with E-state index in [1.807, 2.05) is 18.2 Å². The van der Waals surface area contributed by atoms with Gasteiger partial charge in [-0.3, -0.25) is 14.4 Å². The van der Waals surface area contributed by atoms with Gasteiger partial charge in [0.15, 0.2) is 6.61 Å². The SMILES string of the molecule is O=C(COC(=O)CNC(=O)c1ccc(Cl)cc1)N[C@@H]1CCCc2ccccc21. The van der Waals surface area contributed by atoms with E-state index < -0.39 is 11.9 Å². The molecule has 0 bridgehead atoms. The molecule has 1 aliphatic rings. The Kier molecular flexibility index (Phi) is 6.66. The Balaban J connectivity index is 1.42. The molecule has 146 valence electrons. The quantitative estimate of drug-likeness (QED) is 0.730. The van der Waals surface area contributed by atoms with Crippen molar-refractivity contribution >= 4 is 29.4 Å². The Morgan fingerprint density at radius 1 is 1.07 bits per heavy atom. The van der Waals surface area contributed by atoms with Crippen LogP contribution in [0.2, 0.25) is 5.02 Å². The molecule has 0 saturated heterocycles. The molecule has 0 radical (unpaired) electrons. The number of carbonyl (C=O) groups is 3. The number of fused-ring (bicyclic) bond motifs is 1. The number of rotatable bonds is 6. The van der Waals surface area contributed by atoms with Crippen molar-refractivity contribution in [1.29, 1.82) is 0 Å². The molecular formula is C21H21ClN2O4. The number of nitrogens with one attached hydrogen (secondary N) is 2. The van der Waals surface area contributed by atoms with Crippen molar-refractivity contribution in [2.45, 2.75) is 25.3 Å². The van der Waals surface area contributed by atoms with Crippen molar-refractivity contribution in [3.8, 4) is 0 Å². The van der Waals surface area contributed by atoms with Gasteiger partial charge < -0.3 is 15.4 Å². The molecule has 2 aromatic rings. The largest absolute Gasteiger partial charge is 0.454 e. The van der Waals surface area contributed by atoms with Gasteiger partial charge in [-0.05, 0) is 54.7 Å². The molecule has 2 N–H and O–H groups in total. The summed E-state index contributed by atoms with van der Waals surface area (Å²) in [6.45, 7) is -0.699. The first-order valence-electron chi connectivity index (χ1n) is 9.09. The molecule has 28 heavy (non-hydrogen) atoms. The van der Waals surface area contributed by atoms with Crippen LogP contribution < -0.4 is 10.6 Å². The van der Waals surface area contributed by atoms with Gasteiger partial charge in [-0.15, -0.1) is 0 Å². The molecule has 2 aromatic carbocycles. The average molecular weight is 401 g/mol. The van der Waals surface area contributed by atoms with Crippen LogP contribution in [0, 0.1) is 0 Å². The standard InChI is InChI=1S/C21H21ClN2O4/c22-16-10-8-15(9-11-16)21(27)23-12-20(26)28-13-19(25)24-18-7-3-5-14-4-1-2-6-17(14)18/h1-2,4,6,8-11,18H,3,5,7,12-13H2,(H,23,27)(H,24,25)/t18-/m1/s1. The van der Waals surface area contributed by atoms with E-state index in [2.05, 4.69) is 16.7 Å². The second-order valence-corrected chi connectivity index (χ2v) is 7.00. The van der Waals surface area contributed by atoms with Crippen LogP contribution in [-0.2, 0) is 20.7 Å². The summed E-state index contributed by atoms with van der Waals surface area (Å²) < 4.78 is 4.95. The molecule has 3 rings (SSSR count). The van der Waals surface area contributed by atoms with E-state index in [-0.39, 0.29) is 25.1 Å². The van der Waals surface area contributed by atoms with Crippen LogP contribution in [0.5, 0.6) is 0 Å². The summed E-state index contributed by atoms with van der Waals surface area (Å²) in [6.07, 6.45) is 2.86. The van der Waals surface area contributed by atoms with Crippen molar-refractivity contribution in [2.24, 2.45) is 0 Å². The second-order valence-electron chi connectivity index (χ2n) is 6.56. The van der Waals surface area contributed by atoms with Gasteiger partial charge in [-0.2, -0.15) is 0 Å². The van der Waals surface area contributed by atoms with E-state index >= 15 is 0 Å². The average Bonchev–Trinajstić information content (AvgIpc) is 2.71. The Hall–Kier alpha value is -2.86. The molecule has 0 unspecified atom stereocenters. The van der Waals surface area contributed by atoms with E-state index in [0.717, 1.165) is 24.8 Å². The third-order valence-corrected chi connectivity index (χ3v) is 4.82. The first-order valence-corrected chi connectivity index (χ1v) is 9.47. The number of hydrogen-bond donors (Lipinski definition) is 2. The fourth-order valence-electron chi connectivity index (χ4n) is 3.19. The second kappa shape index (κ2) is 9.37. The number of esters is 1. The van der Waals surface area contributed by atoms with Gasteiger partial charge in [0.05, 0.1) is 6.04 Å². The molecule has 7 heteroatoms. The summed E-state index contributed by atoms with van der Waals surface area (Å²) in [4.78, 5) is 35.9. The van der Waals surface area contributed by atoms with Crippen molar-refractivity contribution in [1.82, 2.24) is 10.6 Å². The smallest absolute Gasteiger partial charge is 0.325 e. The van der Waals surface area contributed by atoms with Crippen molar-refractivity contribution in [2.75, 3.05) is 13.2 Å². The third-order valence-electron chi connectivity index (χ3n) is 4.57. The van der Waals surface area contributed by atoms with Crippen molar-refractivity contribution < 1.29 is 19.1 Å². The number of hydrogen-bond acceptors (Lipinski definition) is 4. The van der Waals surface area contributed by atoms with Crippen LogP contribution in [0.25, 0.3) is 0 Å². The zero-order valence-electron chi connectivity index (χ0n) is 15.2. The topological polar surface area (TPSA) is 84.5 Å². The first-order chi connectivity index (χ1) is 13.5. The minimum absolute atomic E-state index is 0.0687. The Morgan fingerprint density at radius 2 is 1.82 bits per heavy atom. The maximum Gasteiger partial charge on any atom is 0.325 e. The number of ether oxygens (including phenoxy) is 1. The molecular weight excluding hydrogens is 380 g/mol. The van der Waals surface area contributed by atoms with Gasteiger partial charge in [0, 0.05) is 10.6 Å². The Labute approximate surface area is 168 Å². The highest BCUT2D eigenvalue weighted by atomic mass is 35.5. The van der Waals surface area contributed by atoms with Gasteiger partial charge in [0.2, 0.25) is 0 Å². The van der Waals surface area contributed by atoms with E-state index in [4.69, 9.17) is 16.3 Å². The van der Waals surface area contributed by atoms with Crippen LogP contribution in [0.3, 0.4) is 0 Å². The predicted molar refractivity (Wildman–Crippen MR) is 105 cm³/mol. The van der Waals surface area contributed by atoms with Gasteiger partial charge in [0.1, 0.15) is 6.54 Å². The van der Waals surface area contributed by atoms with E-state index in [0.29, 0.717) is 10.6 Å². The highest BCUT2D eigenvalue weighted by Crippen LogP contribution is 2.29. The highest BCUT2D eigenvalue weighted by molar-refractivity contribution is 6.30. The molecule has 0 aliphatic heterocycles. The molecule has 0 heterocycles. The third kappa shape index (κ3) is 5.33. The Morgan fingerprint density at radius 3 is 2.61 bits per heavy atom. The summed E-state index contributed by atoms with van der Waals surface area (Å²) in [6, 6.07) is 14.2. The molecule has 0 saturated carbocycles. The van der Waals surface area contributed by atoms with E-state index in [9.17, 15) is 14.4 Å². The van der Waals surface area contributed by atoms with Gasteiger partial charge >= 0.3 is 5.97 Å². The molecule has 0 spiro atoms. The monoisotopic (exact) mass is 400 g/mol. The zero-order chi connectivity index (χ0) is 19.9. The maximum atomic E-state index is 12.1. The molecule has 0 aromatic heterocycles. The summed E-state index contributed by atoms with van der Waals surface area (Å²) in [5, 5.41) is 5.87. The Bertz CT molecular complexity index is 867. The van der Waals surface area contributed by atoms with Crippen LogP contribution in [0.15, 0.2) is 48.5 Å². The predicted octanol–water partition coefficient (Wildman–Crippen LogP) is 2.81. The summed E-state index contributed by atoms with van der Waals surface area (Å²) >= 11 is 5.77. The number of amides is 2. The number of aryl methyl sites for hydroxylation is 1. The molecule has 1 atom stereocenters. The van der Waals surface area contributed by atoms with Crippen LogP contribution in [0.4, 0.5) is 0 Å². The minimum atomic E-state index is -0.679. The fourth-order valence-corrected chi connectivity index (χ4v) is 3.32. The highest BCUT2D eigenvalue weighted by Gasteiger charge is 2.21. The lowest BCUT2D eigenvalue weighted by Gasteiger charge is -2.26. The number of carbonyl (C=O) groups excluding carboxylic acids is 3. The van der Waals surface area contributed by atoms with Gasteiger partial charge in [0.25, 0.3) is 11.8 Å². The molecule has 0 fully saturated rings. The van der Waals surface area contributed by atoms with Gasteiger partial charge in [-0.25, -0.2) is 0 Å². The van der Waals surface area contributed by atoms with E-state index in [1.54, 1.807) is 24.3 Å². The molecule has 2 amide bonds. The van der Waals surface area contributed by atoms with Crippen molar-refractivity contribution in [3.63, 3.8) is 0 Å². The minimum Gasteiger partial charge on any atom is -0.454 e. The summed E-state index contributed by atoms with van der Waals surface area (Å²) in [5.41, 5.74) is 2.73. The van der Waals surface area contributed by atoms with E-state index in [1.165, 1.54) is 5.56 Å². The summed E-state index contributed by atoms with van der Waals surface area (Å²) in [5.74, 6) is -1.46. The number of halogens is 1. The summed E-state index contributed by atoms with van der Waals surface area (Å²) in [7, 11) is 0. The fraction of sp³-hybridized carbons (Fsp3) is 0.286. The number of benzene rings is 2. The lowest BCUT2D eigenvalue weighted by Crippen LogP contribution is -2.36. The first kappa shape index (κ1) is 19.9. The lowest BCUT2D eigenvalue weighted by atomic mass is 9.88. The molecule has 1 aliphatic carbocycles. The van der Waals surface area contributed by atoms with Crippen LogP contribution in [0.1, 0.15) is 40.4 Å². The van der Waals surface area contributed by atoms with Crippen LogP contribution >= 0.6 is 11.6 Å². The maximum absolute atomic E-state index is 12.1. The van der Waals surface area contributed by atoms with Crippen molar-refractivity contribution in [3.05, 3.63) is 70.2 Å². The zero-order valence-corrected chi connectivity index (χ0v) is 16.0.